The van der Waals surface area contributed by atoms with E-state index in [9.17, 15) is 5.11 Å². The summed E-state index contributed by atoms with van der Waals surface area (Å²) in [6, 6.07) is 23.7. The molecule has 0 aromatic heterocycles. The zero-order valence-electron chi connectivity index (χ0n) is 22.1. The lowest BCUT2D eigenvalue weighted by Gasteiger charge is -2.39. The molecule has 6 rings (SSSR count). The van der Waals surface area contributed by atoms with E-state index >= 15 is 0 Å². The second-order valence-corrected chi connectivity index (χ2v) is 10.1. The van der Waals surface area contributed by atoms with Crippen LogP contribution in [0.1, 0.15) is 39.8 Å². The van der Waals surface area contributed by atoms with Crippen molar-refractivity contribution >= 4 is 11.5 Å². The fourth-order valence-corrected chi connectivity index (χ4v) is 6.30. The standard InChI is InChI=1S/C32H31N3O4/c1-37-19-9-11-28(38-2)22(14-19)21-15-27(36)29(39-3)16-23(21)31-25-12-17-6-4-5-7-20(17)30(25)24-13-18(32(33)34)8-10-26(24)35-31/h4-11,13-16,25,30-31,35-36H,12H2,1-3H3,(H3,33,34). The summed E-state index contributed by atoms with van der Waals surface area (Å²) in [6.07, 6.45) is 0.875. The molecule has 39 heavy (non-hydrogen) atoms. The fraction of sp³-hybridized carbons (Fsp3) is 0.219. The van der Waals surface area contributed by atoms with Gasteiger partial charge in [-0.3, -0.25) is 5.41 Å². The lowest BCUT2D eigenvalue weighted by molar-refractivity contribution is 0.370. The van der Waals surface area contributed by atoms with Gasteiger partial charge in [0.15, 0.2) is 11.5 Å². The molecular weight excluding hydrogens is 490 g/mol. The average Bonchev–Trinajstić information content (AvgIpc) is 3.36. The van der Waals surface area contributed by atoms with Crippen LogP contribution in [-0.2, 0) is 6.42 Å². The van der Waals surface area contributed by atoms with E-state index in [1.807, 2.05) is 42.5 Å². The van der Waals surface area contributed by atoms with Crippen molar-refractivity contribution in [3.05, 3.63) is 101 Å². The summed E-state index contributed by atoms with van der Waals surface area (Å²) in [5.41, 5.74) is 14.0. The van der Waals surface area contributed by atoms with Crippen LogP contribution in [0.25, 0.3) is 11.1 Å². The van der Waals surface area contributed by atoms with Crippen molar-refractivity contribution in [2.75, 3.05) is 26.6 Å². The Hall–Kier alpha value is -4.65. The lowest BCUT2D eigenvalue weighted by atomic mass is 9.74. The highest BCUT2D eigenvalue weighted by Crippen LogP contribution is 2.56. The number of hydrogen-bond acceptors (Lipinski definition) is 6. The molecule has 1 aliphatic heterocycles. The molecule has 198 valence electrons. The van der Waals surface area contributed by atoms with Gasteiger partial charge in [-0.1, -0.05) is 24.3 Å². The number of methoxy groups -OCH3 is 3. The molecule has 4 aromatic carbocycles. The molecule has 0 saturated carbocycles. The number of phenolic OH excluding ortho intramolecular Hbond substituents is 1. The number of fused-ring (bicyclic) bond motifs is 5. The van der Waals surface area contributed by atoms with Gasteiger partial charge in [0, 0.05) is 22.7 Å². The van der Waals surface area contributed by atoms with Crippen LogP contribution in [0.15, 0.2) is 72.8 Å². The van der Waals surface area contributed by atoms with E-state index in [0.29, 0.717) is 22.8 Å². The van der Waals surface area contributed by atoms with Crippen LogP contribution in [0.2, 0.25) is 0 Å². The van der Waals surface area contributed by atoms with E-state index in [-0.39, 0.29) is 29.5 Å². The van der Waals surface area contributed by atoms with Gasteiger partial charge in [-0.05, 0) is 88.7 Å². The number of anilines is 1. The molecule has 5 N–H and O–H groups in total. The maximum atomic E-state index is 10.9. The topological polar surface area (TPSA) is 110 Å². The first-order valence-corrected chi connectivity index (χ1v) is 12.9. The minimum Gasteiger partial charge on any atom is -0.504 e. The highest BCUT2D eigenvalue weighted by Gasteiger charge is 2.44. The smallest absolute Gasteiger partial charge is 0.160 e. The highest BCUT2D eigenvalue weighted by molar-refractivity contribution is 5.96. The second-order valence-electron chi connectivity index (χ2n) is 10.1. The lowest BCUT2D eigenvalue weighted by Crippen LogP contribution is -2.31. The average molecular weight is 522 g/mol. The van der Waals surface area contributed by atoms with E-state index in [1.165, 1.54) is 11.1 Å². The first kappa shape index (κ1) is 24.7. The zero-order valence-corrected chi connectivity index (χ0v) is 22.1. The third-order valence-corrected chi connectivity index (χ3v) is 8.09. The second kappa shape index (κ2) is 9.58. The Morgan fingerprint density at radius 2 is 1.64 bits per heavy atom. The Bertz CT molecular complexity index is 1600. The maximum absolute atomic E-state index is 10.9. The van der Waals surface area contributed by atoms with Crippen LogP contribution in [0.4, 0.5) is 5.69 Å². The maximum Gasteiger partial charge on any atom is 0.160 e. The van der Waals surface area contributed by atoms with Crippen molar-refractivity contribution < 1.29 is 19.3 Å². The molecule has 1 heterocycles. The number of nitrogens with two attached hydrogens (primary N) is 1. The molecule has 2 aliphatic rings. The number of nitrogens with one attached hydrogen (secondary N) is 2. The van der Waals surface area contributed by atoms with E-state index < -0.39 is 0 Å². The Morgan fingerprint density at radius 3 is 2.38 bits per heavy atom. The molecule has 1 aliphatic carbocycles. The minimum absolute atomic E-state index is 0.0506. The van der Waals surface area contributed by atoms with E-state index in [2.05, 4.69) is 29.6 Å². The predicted molar refractivity (Wildman–Crippen MR) is 152 cm³/mol. The Morgan fingerprint density at radius 1 is 0.846 bits per heavy atom. The number of aromatic hydroxyl groups is 1. The third-order valence-electron chi connectivity index (χ3n) is 8.09. The monoisotopic (exact) mass is 521 g/mol. The van der Waals surface area contributed by atoms with Gasteiger partial charge in [0.1, 0.15) is 17.3 Å². The normalized spacial score (nSPS) is 18.8. The van der Waals surface area contributed by atoms with E-state index in [0.717, 1.165) is 34.4 Å². The number of amidine groups is 1. The van der Waals surface area contributed by atoms with Gasteiger partial charge in [-0.25, -0.2) is 0 Å². The zero-order chi connectivity index (χ0) is 27.3. The summed E-state index contributed by atoms with van der Waals surface area (Å²) in [5.74, 6) is 2.16. The Balaban J connectivity index is 1.59. The largest absolute Gasteiger partial charge is 0.504 e. The molecule has 3 unspecified atom stereocenters. The quantitative estimate of drug-likeness (QED) is 0.187. The van der Waals surface area contributed by atoms with E-state index in [1.54, 1.807) is 27.4 Å². The van der Waals surface area contributed by atoms with Gasteiger partial charge in [0.2, 0.25) is 0 Å². The Kier molecular flexibility index (Phi) is 6.06. The predicted octanol–water partition coefficient (Wildman–Crippen LogP) is 5.84. The van der Waals surface area contributed by atoms with Gasteiger partial charge in [-0.15, -0.1) is 0 Å². The number of hydrogen-bond donors (Lipinski definition) is 4. The van der Waals surface area contributed by atoms with Crippen LogP contribution < -0.4 is 25.3 Å². The first-order chi connectivity index (χ1) is 18.9. The number of benzene rings is 4. The van der Waals surface area contributed by atoms with Crippen molar-refractivity contribution in [1.82, 2.24) is 0 Å². The molecule has 0 fully saturated rings. The summed E-state index contributed by atoms with van der Waals surface area (Å²) in [5, 5.41) is 22.7. The number of ether oxygens (including phenoxy) is 3. The third kappa shape index (κ3) is 4.02. The first-order valence-electron chi connectivity index (χ1n) is 12.9. The molecule has 0 saturated heterocycles. The molecule has 7 nitrogen and oxygen atoms in total. The van der Waals surface area contributed by atoms with Crippen LogP contribution in [0.3, 0.4) is 0 Å². The van der Waals surface area contributed by atoms with Crippen LogP contribution in [0, 0.1) is 11.3 Å². The van der Waals surface area contributed by atoms with Gasteiger partial charge < -0.3 is 30.4 Å². The van der Waals surface area contributed by atoms with Crippen LogP contribution in [-0.4, -0.2) is 32.3 Å². The van der Waals surface area contributed by atoms with Crippen molar-refractivity contribution in [3.8, 4) is 34.1 Å². The molecule has 0 spiro atoms. The summed E-state index contributed by atoms with van der Waals surface area (Å²) >= 11 is 0. The SMILES string of the molecule is COc1ccc(OC)c(-c2cc(O)c(OC)cc2C2Nc3ccc(C(=N)N)cc3C3c4ccccc4CC23)c1. The highest BCUT2D eigenvalue weighted by atomic mass is 16.5. The number of nitrogen functional groups attached to an aromatic ring is 1. The Labute approximate surface area is 227 Å². The van der Waals surface area contributed by atoms with Crippen molar-refractivity contribution in [2.45, 2.75) is 18.4 Å². The summed E-state index contributed by atoms with van der Waals surface area (Å²) < 4.78 is 16.9. The van der Waals surface area contributed by atoms with E-state index in [4.69, 9.17) is 25.4 Å². The summed E-state index contributed by atoms with van der Waals surface area (Å²) in [6.45, 7) is 0. The van der Waals surface area contributed by atoms with Gasteiger partial charge in [-0.2, -0.15) is 0 Å². The van der Waals surface area contributed by atoms with Crippen molar-refractivity contribution in [1.29, 1.82) is 5.41 Å². The summed E-state index contributed by atoms with van der Waals surface area (Å²) in [4.78, 5) is 0. The van der Waals surface area contributed by atoms with Crippen molar-refractivity contribution in [2.24, 2.45) is 11.7 Å². The molecule has 0 radical (unpaired) electrons. The van der Waals surface area contributed by atoms with Gasteiger partial charge in [0.05, 0.1) is 27.4 Å². The van der Waals surface area contributed by atoms with Crippen LogP contribution in [0.5, 0.6) is 23.0 Å². The van der Waals surface area contributed by atoms with Crippen molar-refractivity contribution in [3.63, 3.8) is 0 Å². The minimum atomic E-state index is -0.113. The van der Waals surface area contributed by atoms with Crippen LogP contribution >= 0.6 is 0 Å². The molecule has 3 atom stereocenters. The molecule has 0 bridgehead atoms. The number of rotatable bonds is 6. The molecule has 0 amide bonds. The summed E-state index contributed by atoms with van der Waals surface area (Å²) in [7, 11) is 4.83. The fourth-order valence-electron chi connectivity index (χ4n) is 6.30. The number of phenols is 1. The molecule has 4 aromatic rings. The van der Waals surface area contributed by atoms with Gasteiger partial charge in [0.25, 0.3) is 0 Å². The molecular formula is C32H31N3O4. The molecule has 7 heteroatoms. The van der Waals surface area contributed by atoms with Gasteiger partial charge >= 0.3 is 0 Å².